The number of aryl methyl sites for hydroxylation is 1. The average Bonchev–Trinajstić information content (AvgIpc) is 2.66. The molecule has 0 aliphatic heterocycles. The Hall–Kier alpha value is -1.55. The van der Waals surface area contributed by atoms with Crippen LogP contribution in [0.25, 0.3) is 11.3 Å². The Morgan fingerprint density at radius 1 is 1.42 bits per heavy atom. The third-order valence-corrected chi connectivity index (χ3v) is 3.35. The SMILES string of the molecule is CCc1nc(-c2ccc(F)cc2Cl)c(N)n1C(C)C. The van der Waals surface area contributed by atoms with Crippen LogP contribution in [-0.4, -0.2) is 9.55 Å². The number of imidazole rings is 1. The number of hydrogen-bond acceptors (Lipinski definition) is 2. The molecule has 3 nitrogen and oxygen atoms in total. The van der Waals surface area contributed by atoms with Crippen LogP contribution in [0.4, 0.5) is 10.2 Å². The van der Waals surface area contributed by atoms with E-state index in [-0.39, 0.29) is 11.9 Å². The Bertz CT molecular complexity index is 605. The van der Waals surface area contributed by atoms with E-state index in [1.54, 1.807) is 6.07 Å². The molecule has 5 heteroatoms. The smallest absolute Gasteiger partial charge is 0.132 e. The summed E-state index contributed by atoms with van der Waals surface area (Å²) in [7, 11) is 0. The number of nitrogens with two attached hydrogens (primary N) is 1. The van der Waals surface area contributed by atoms with Crippen molar-refractivity contribution >= 4 is 17.4 Å². The van der Waals surface area contributed by atoms with Gasteiger partial charge in [0.15, 0.2) is 0 Å². The predicted octanol–water partition coefficient (Wildman–Crippen LogP) is 4.07. The number of halogens is 2. The molecule has 0 spiro atoms. The Labute approximate surface area is 117 Å². The first-order valence-electron chi connectivity index (χ1n) is 6.27. The van der Waals surface area contributed by atoms with Crippen LogP contribution in [0, 0.1) is 5.82 Å². The van der Waals surface area contributed by atoms with Crippen LogP contribution in [0.15, 0.2) is 18.2 Å². The highest BCUT2D eigenvalue weighted by atomic mass is 35.5. The molecule has 2 aromatic rings. The summed E-state index contributed by atoms with van der Waals surface area (Å²) in [6.07, 6.45) is 0.779. The minimum Gasteiger partial charge on any atom is -0.383 e. The van der Waals surface area contributed by atoms with Crippen molar-refractivity contribution in [2.75, 3.05) is 5.73 Å². The van der Waals surface area contributed by atoms with Crippen molar-refractivity contribution in [3.63, 3.8) is 0 Å². The van der Waals surface area contributed by atoms with Crippen LogP contribution in [0.1, 0.15) is 32.6 Å². The second-order valence-electron chi connectivity index (χ2n) is 4.70. The van der Waals surface area contributed by atoms with Crippen molar-refractivity contribution in [2.24, 2.45) is 0 Å². The zero-order valence-corrected chi connectivity index (χ0v) is 12.0. The lowest BCUT2D eigenvalue weighted by Crippen LogP contribution is -2.08. The quantitative estimate of drug-likeness (QED) is 0.922. The van der Waals surface area contributed by atoms with Crippen LogP contribution in [0.3, 0.4) is 0 Å². The number of hydrogen-bond donors (Lipinski definition) is 1. The molecular formula is C14H17ClFN3. The van der Waals surface area contributed by atoms with E-state index in [1.807, 2.05) is 25.3 Å². The Morgan fingerprint density at radius 3 is 2.58 bits per heavy atom. The molecule has 0 aliphatic carbocycles. The molecule has 19 heavy (non-hydrogen) atoms. The molecule has 0 unspecified atom stereocenters. The zero-order chi connectivity index (χ0) is 14.2. The van der Waals surface area contributed by atoms with E-state index in [4.69, 9.17) is 17.3 Å². The normalized spacial score (nSPS) is 11.3. The molecular weight excluding hydrogens is 265 g/mol. The summed E-state index contributed by atoms with van der Waals surface area (Å²) >= 11 is 6.08. The monoisotopic (exact) mass is 281 g/mol. The second kappa shape index (κ2) is 5.21. The number of benzene rings is 1. The van der Waals surface area contributed by atoms with Crippen molar-refractivity contribution in [1.82, 2.24) is 9.55 Å². The first-order valence-corrected chi connectivity index (χ1v) is 6.65. The predicted molar refractivity (Wildman–Crippen MR) is 76.8 cm³/mol. The van der Waals surface area contributed by atoms with Crippen molar-refractivity contribution in [1.29, 1.82) is 0 Å². The molecule has 0 saturated carbocycles. The molecule has 0 bridgehead atoms. The van der Waals surface area contributed by atoms with Gasteiger partial charge in [-0.05, 0) is 32.0 Å². The maximum absolute atomic E-state index is 13.1. The number of aromatic nitrogens is 2. The van der Waals surface area contributed by atoms with Gasteiger partial charge in [0.2, 0.25) is 0 Å². The third-order valence-electron chi connectivity index (χ3n) is 3.04. The summed E-state index contributed by atoms with van der Waals surface area (Å²) in [6.45, 7) is 6.12. The first kappa shape index (κ1) is 13.9. The van der Waals surface area contributed by atoms with E-state index in [9.17, 15) is 4.39 Å². The van der Waals surface area contributed by atoms with E-state index in [0.717, 1.165) is 12.2 Å². The lowest BCUT2D eigenvalue weighted by Gasteiger charge is -2.12. The molecule has 1 heterocycles. The first-order chi connectivity index (χ1) is 8.95. The molecule has 102 valence electrons. The number of nitrogens with zero attached hydrogens (tertiary/aromatic N) is 2. The number of nitrogen functional groups attached to an aromatic ring is 1. The van der Waals surface area contributed by atoms with Gasteiger partial charge in [-0.1, -0.05) is 18.5 Å². The third kappa shape index (κ3) is 2.45. The van der Waals surface area contributed by atoms with Gasteiger partial charge in [0.05, 0.1) is 5.02 Å². The molecule has 1 aromatic heterocycles. The van der Waals surface area contributed by atoms with E-state index < -0.39 is 0 Å². The summed E-state index contributed by atoms with van der Waals surface area (Å²) in [4.78, 5) is 4.54. The highest BCUT2D eigenvalue weighted by molar-refractivity contribution is 6.33. The van der Waals surface area contributed by atoms with Gasteiger partial charge < -0.3 is 10.3 Å². The molecule has 0 aliphatic rings. The summed E-state index contributed by atoms with van der Waals surface area (Å²) in [6, 6.07) is 4.47. The summed E-state index contributed by atoms with van der Waals surface area (Å²) in [5.41, 5.74) is 7.45. The van der Waals surface area contributed by atoms with Crippen LogP contribution in [0.2, 0.25) is 5.02 Å². The highest BCUT2D eigenvalue weighted by Gasteiger charge is 2.18. The largest absolute Gasteiger partial charge is 0.383 e. The zero-order valence-electron chi connectivity index (χ0n) is 11.2. The molecule has 0 fully saturated rings. The van der Waals surface area contributed by atoms with Crippen LogP contribution in [0.5, 0.6) is 0 Å². The van der Waals surface area contributed by atoms with Crippen LogP contribution >= 0.6 is 11.6 Å². The lowest BCUT2D eigenvalue weighted by molar-refractivity contribution is 0.579. The fourth-order valence-electron chi connectivity index (χ4n) is 2.20. The Morgan fingerprint density at radius 2 is 2.11 bits per heavy atom. The fourth-order valence-corrected chi connectivity index (χ4v) is 2.46. The molecule has 0 amide bonds. The van der Waals surface area contributed by atoms with Crippen molar-refractivity contribution in [3.8, 4) is 11.3 Å². The van der Waals surface area contributed by atoms with E-state index >= 15 is 0 Å². The van der Waals surface area contributed by atoms with E-state index in [1.165, 1.54) is 12.1 Å². The minimum absolute atomic E-state index is 0.218. The lowest BCUT2D eigenvalue weighted by atomic mass is 10.1. The standard InChI is InChI=1S/C14H17ClFN3/c1-4-12-18-13(14(17)19(12)8(2)3)10-6-5-9(16)7-11(10)15/h5-8H,4,17H2,1-3H3. The van der Waals surface area contributed by atoms with Crippen LogP contribution < -0.4 is 5.73 Å². The average molecular weight is 282 g/mol. The second-order valence-corrected chi connectivity index (χ2v) is 5.11. The van der Waals surface area contributed by atoms with E-state index in [2.05, 4.69) is 4.98 Å². The fraction of sp³-hybridized carbons (Fsp3) is 0.357. The summed E-state index contributed by atoms with van der Waals surface area (Å²) < 4.78 is 15.1. The van der Waals surface area contributed by atoms with Gasteiger partial charge in [0.1, 0.15) is 23.2 Å². The number of anilines is 1. The number of rotatable bonds is 3. The van der Waals surface area contributed by atoms with E-state index in [0.29, 0.717) is 22.1 Å². The Kier molecular flexibility index (Phi) is 3.80. The highest BCUT2D eigenvalue weighted by Crippen LogP contribution is 2.34. The molecule has 2 N–H and O–H groups in total. The maximum atomic E-state index is 13.1. The van der Waals surface area contributed by atoms with Gasteiger partial charge in [0, 0.05) is 18.0 Å². The molecule has 1 aromatic carbocycles. The molecule has 0 radical (unpaired) electrons. The van der Waals surface area contributed by atoms with Crippen LogP contribution in [-0.2, 0) is 6.42 Å². The molecule has 0 atom stereocenters. The van der Waals surface area contributed by atoms with Gasteiger partial charge >= 0.3 is 0 Å². The van der Waals surface area contributed by atoms with Gasteiger partial charge in [-0.15, -0.1) is 0 Å². The Balaban J connectivity index is 2.63. The van der Waals surface area contributed by atoms with Gasteiger partial charge in [-0.25, -0.2) is 9.37 Å². The van der Waals surface area contributed by atoms with Gasteiger partial charge in [0.25, 0.3) is 0 Å². The van der Waals surface area contributed by atoms with Crippen molar-refractivity contribution < 1.29 is 4.39 Å². The summed E-state index contributed by atoms with van der Waals surface area (Å²) in [5, 5.41) is 0.322. The maximum Gasteiger partial charge on any atom is 0.132 e. The molecule has 2 rings (SSSR count). The minimum atomic E-state index is -0.369. The summed E-state index contributed by atoms with van der Waals surface area (Å²) in [5.74, 6) is 1.11. The van der Waals surface area contributed by atoms with Gasteiger partial charge in [-0.2, -0.15) is 0 Å². The topological polar surface area (TPSA) is 43.8 Å². The van der Waals surface area contributed by atoms with Crippen molar-refractivity contribution in [3.05, 3.63) is 34.9 Å². The van der Waals surface area contributed by atoms with Gasteiger partial charge in [-0.3, -0.25) is 0 Å². The molecule has 0 saturated heterocycles. The van der Waals surface area contributed by atoms with Crippen molar-refractivity contribution in [2.45, 2.75) is 33.2 Å².